The minimum atomic E-state index is 0.244. The minimum absolute atomic E-state index is 0.244. The van der Waals surface area contributed by atoms with Crippen molar-refractivity contribution in [2.24, 2.45) is 17.6 Å². The van der Waals surface area contributed by atoms with E-state index in [0.717, 1.165) is 18.4 Å². The summed E-state index contributed by atoms with van der Waals surface area (Å²) >= 11 is 0. The normalized spacial score (nSPS) is 33.0. The molecule has 2 aliphatic carbocycles. The van der Waals surface area contributed by atoms with Crippen LogP contribution in [0.4, 0.5) is 0 Å². The van der Waals surface area contributed by atoms with Crippen LogP contribution in [-0.2, 0) is 4.74 Å². The maximum absolute atomic E-state index is 6.52. The van der Waals surface area contributed by atoms with E-state index in [9.17, 15) is 0 Å². The van der Waals surface area contributed by atoms with Gasteiger partial charge in [-0.1, -0.05) is 38.5 Å². The van der Waals surface area contributed by atoms with Crippen molar-refractivity contribution in [3.63, 3.8) is 0 Å². The summed E-state index contributed by atoms with van der Waals surface area (Å²) in [6, 6.07) is 0.432. The summed E-state index contributed by atoms with van der Waals surface area (Å²) in [5.74, 6) is 1.72. The van der Waals surface area contributed by atoms with E-state index in [1.165, 1.54) is 77.0 Å². The highest BCUT2D eigenvalue weighted by Gasteiger charge is 2.41. The lowest BCUT2D eigenvalue weighted by molar-refractivity contribution is -0.0966. The Morgan fingerprint density at radius 3 is 2.53 bits per heavy atom. The van der Waals surface area contributed by atoms with E-state index >= 15 is 0 Å². The zero-order chi connectivity index (χ0) is 13.1. The molecule has 3 rings (SSSR count). The molecule has 0 radical (unpaired) electrons. The summed E-state index contributed by atoms with van der Waals surface area (Å²) < 4.78 is 6.13. The fourth-order valence-electron chi connectivity index (χ4n) is 4.76. The average Bonchev–Trinajstić information content (AvgIpc) is 3.08. The quantitative estimate of drug-likeness (QED) is 0.833. The Morgan fingerprint density at radius 1 is 1.05 bits per heavy atom. The summed E-state index contributed by atoms with van der Waals surface area (Å²) in [7, 11) is 0. The molecule has 3 fully saturated rings. The fourth-order valence-corrected chi connectivity index (χ4v) is 4.76. The van der Waals surface area contributed by atoms with Gasteiger partial charge in [0.15, 0.2) is 0 Å². The molecule has 2 nitrogen and oxygen atoms in total. The number of hydrogen-bond donors (Lipinski definition) is 1. The molecule has 0 aromatic heterocycles. The Hall–Kier alpha value is -0.0800. The highest BCUT2D eigenvalue weighted by atomic mass is 16.5. The summed E-state index contributed by atoms with van der Waals surface area (Å²) in [5, 5.41) is 0. The van der Waals surface area contributed by atoms with Crippen molar-refractivity contribution in [2.75, 3.05) is 6.61 Å². The first-order valence-electron chi connectivity index (χ1n) is 8.67. The van der Waals surface area contributed by atoms with Crippen LogP contribution >= 0.6 is 0 Å². The van der Waals surface area contributed by atoms with Crippen LogP contribution in [0, 0.1) is 11.8 Å². The van der Waals surface area contributed by atoms with E-state index in [0.29, 0.717) is 6.04 Å². The zero-order valence-electron chi connectivity index (χ0n) is 12.4. The Bertz CT molecular complexity index is 279. The smallest absolute Gasteiger partial charge is 0.0685 e. The van der Waals surface area contributed by atoms with E-state index in [4.69, 9.17) is 10.5 Å². The fraction of sp³-hybridized carbons (Fsp3) is 1.00. The van der Waals surface area contributed by atoms with E-state index in [-0.39, 0.29) is 5.60 Å². The monoisotopic (exact) mass is 265 g/mol. The van der Waals surface area contributed by atoms with Gasteiger partial charge < -0.3 is 10.5 Å². The third-order valence-corrected chi connectivity index (χ3v) is 6.03. The second kappa shape index (κ2) is 6.13. The highest BCUT2D eigenvalue weighted by Crippen LogP contribution is 2.43. The maximum atomic E-state index is 6.52. The van der Waals surface area contributed by atoms with Crippen LogP contribution in [0.25, 0.3) is 0 Å². The maximum Gasteiger partial charge on any atom is 0.0685 e. The third-order valence-electron chi connectivity index (χ3n) is 6.03. The third kappa shape index (κ3) is 3.33. The molecule has 19 heavy (non-hydrogen) atoms. The molecule has 2 atom stereocenters. The SMILES string of the molecule is NC(CCC1CCCC1)C1CCOC2(CCCC2)C1. The molecular formula is C17H31NO. The first-order chi connectivity index (χ1) is 9.27. The summed E-state index contributed by atoms with van der Waals surface area (Å²) in [6.45, 7) is 0.960. The average molecular weight is 265 g/mol. The van der Waals surface area contributed by atoms with Crippen LogP contribution in [0.15, 0.2) is 0 Å². The van der Waals surface area contributed by atoms with Crippen LogP contribution in [-0.4, -0.2) is 18.2 Å². The topological polar surface area (TPSA) is 35.2 Å². The van der Waals surface area contributed by atoms with Crippen molar-refractivity contribution >= 4 is 0 Å². The van der Waals surface area contributed by atoms with E-state index in [1.807, 2.05) is 0 Å². The molecule has 2 unspecified atom stereocenters. The second-order valence-corrected chi connectivity index (χ2v) is 7.38. The molecule has 1 spiro atoms. The molecule has 1 heterocycles. The molecule has 0 bridgehead atoms. The molecule has 1 aliphatic heterocycles. The van der Waals surface area contributed by atoms with Gasteiger partial charge in [-0.05, 0) is 50.4 Å². The van der Waals surface area contributed by atoms with Crippen molar-refractivity contribution in [1.82, 2.24) is 0 Å². The van der Waals surface area contributed by atoms with Gasteiger partial charge in [0.2, 0.25) is 0 Å². The molecule has 2 saturated carbocycles. The molecule has 0 amide bonds. The van der Waals surface area contributed by atoms with Gasteiger partial charge in [0.25, 0.3) is 0 Å². The predicted molar refractivity (Wildman–Crippen MR) is 79.0 cm³/mol. The lowest BCUT2D eigenvalue weighted by Gasteiger charge is -2.40. The lowest BCUT2D eigenvalue weighted by Crippen LogP contribution is -2.43. The van der Waals surface area contributed by atoms with E-state index < -0.39 is 0 Å². The number of hydrogen-bond acceptors (Lipinski definition) is 2. The van der Waals surface area contributed by atoms with Crippen LogP contribution in [0.5, 0.6) is 0 Å². The first-order valence-corrected chi connectivity index (χ1v) is 8.67. The van der Waals surface area contributed by atoms with Gasteiger partial charge in [0, 0.05) is 12.6 Å². The Kier molecular flexibility index (Phi) is 4.48. The molecule has 0 aromatic rings. The Morgan fingerprint density at radius 2 is 1.79 bits per heavy atom. The molecule has 2 N–H and O–H groups in total. The van der Waals surface area contributed by atoms with Crippen LogP contribution in [0.1, 0.15) is 77.0 Å². The molecule has 1 saturated heterocycles. The van der Waals surface area contributed by atoms with Gasteiger partial charge in [-0.2, -0.15) is 0 Å². The van der Waals surface area contributed by atoms with Crippen molar-refractivity contribution in [3.8, 4) is 0 Å². The Balaban J connectivity index is 1.47. The molecule has 110 valence electrons. The van der Waals surface area contributed by atoms with Gasteiger partial charge in [-0.15, -0.1) is 0 Å². The largest absolute Gasteiger partial charge is 0.375 e. The Labute approximate surface area is 118 Å². The predicted octanol–water partition coefficient (Wildman–Crippen LogP) is 4.02. The van der Waals surface area contributed by atoms with Gasteiger partial charge >= 0.3 is 0 Å². The van der Waals surface area contributed by atoms with E-state index in [1.54, 1.807) is 0 Å². The second-order valence-electron chi connectivity index (χ2n) is 7.38. The molecule has 0 aromatic carbocycles. The van der Waals surface area contributed by atoms with Gasteiger partial charge in [0.05, 0.1) is 5.60 Å². The van der Waals surface area contributed by atoms with Crippen LogP contribution < -0.4 is 5.73 Å². The summed E-state index contributed by atoms with van der Waals surface area (Å²) in [5.41, 5.74) is 6.77. The summed E-state index contributed by atoms with van der Waals surface area (Å²) in [4.78, 5) is 0. The standard InChI is InChI=1S/C17H31NO/c18-16(8-7-14-5-1-2-6-14)15-9-12-19-17(13-15)10-3-4-11-17/h14-16H,1-13,18H2. The number of nitrogens with two attached hydrogens (primary N) is 1. The van der Waals surface area contributed by atoms with Crippen LogP contribution in [0.3, 0.4) is 0 Å². The van der Waals surface area contributed by atoms with E-state index in [2.05, 4.69) is 0 Å². The summed E-state index contributed by atoms with van der Waals surface area (Å²) in [6.07, 6.45) is 16.2. The van der Waals surface area contributed by atoms with Gasteiger partial charge in [-0.25, -0.2) is 0 Å². The number of rotatable bonds is 4. The van der Waals surface area contributed by atoms with Crippen molar-refractivity contribution < 1.29 is 4.74 Å². The first kappa shape index (κ1) is 13.9. The van der Waals surface area contributed by atoms with Gasteiger partial charge in [0.1, 0.15) is 0 Å². The molecule has 3 aliphatic rings. The van der Waals surface area contributed by atoms with Gasteiger partial charge in [-0.3, -0.25) is 0 Å². The minimum Gasteiger partial charge on any atom is -0.375 e. The molecule has 2 heteroatoms. The lowest BCUT2D eigenvalue weighted by atomic mass is 9.79. The van der Waals surface area contributed by atoms with Crippen molar-refractivity contribution in [3.05, 3.63) is 0 Å². The van der Waals surface area contributed by atoms with Crippen molar-refractivity contribution in [1.29, 1.82) is 0 Å². The van der Waals surface area contributed by atoms with Crippen molar-refractivity contribution in [2.45, 2.75) is 88.7 Å². The number of ether oxygens (including phenoxy) is 1. The van der Waals surface area contributed by atoms with Crippen LogP contribution in [0.2, 0.25) is 0 Å². The highest BCUT2D eigenvalue weighted by molar-refractivity contribution is 4.93. The molecular weight excluding hydrogens is 234 g/mol. The zero-order valence-corrected chi connectivity index (χ0v) is 12.4.